The lowest BCUT2D eigenvalue weighted by Gasteiger charge is -2.13. The molecule has 7 heteroatoms. The Labute approximate surface area is 118 Å². The number of aromatic nitrogens is 2. The quantitative estimate of drug-likeness (QED) is 0.936. The molecule has 0 amide bonds. The van der Waals surface area contributed by atoms with E-state index in [0.717, 1.165) is 18.9 Å². The predicted octanol–water partition coefficient (Wildman–Crippen LogP) is 3.75. The van der Waals surface area contributed by atoms with Crippen LogP contribution in [0.15, 0.2) is 30.3 Å². The Bertz CT molecular complexity index is 669. The van der Waals surface area contributed by atoms with E-state index in [1.54, 1.807) is 0 Å². The highest BCUT2D eigenvalue weighted by atomic mass is 19.4. The van der Waals surface area contributed by atoms with Crippen molar-refractivity contribution >= 4 is 5.82 Å². The van der Waals surface area contributed by atoms with E-state index >= 15 is 0 Å². The summed E-state index contributed by atoms with van der Waals surface area (Å²) in [6, 6.07) is 6.30. The molecular weight excluding hydrogens is 283 g/mol. The van der Waals surface area contributed by atoms with Crippen molar-refractivity contribution in [2.45, 2.75) is 24.9 Å². The Kier molecular flexibility index (Phi) is 3.19. The van der Waals surface area contributed by atoms with Crippen LogP contribution in [0.2, 0.25) is 0 Å². The summed E-state index contributed by atoms with van der Waals surface area (Å²) in [5.41, 5.74) is 4.80. The molecule has 0 aliphatic heterocycles. The second-order valence-corrected chi connectivity index (χ2v) is 4.86. The van der Waals surface area contributed by atoms with Crippen LogP contribution in [0.4, 0.5) is 19.0 Å². The number of ether oxygens (including phenoxy) is 1. The molecule has 1 aromatic heterocycles. The highest BCUT2D eigenvalue weighted by molar-refractivity contribution is 5.41. The molecule has 0 bridgehead atoms. The number of hydrogen-bond donors (Lipinski definition) is 1. The zero-order valence-corrected chi connectivity index (χ0v) is 10.9. The molecule has 3 rings (SSSR count). The van der Waals surface area contributed by atoms with Gasteiger partial charge in [-0.3, -0.25) is 0 Å². The average molecular weight is 295 g/mol. The molecule has 0 atom stereocenters. The normalized spacial score (nSPS) is 15.0. The standard InChI is InChI=1S/C14H12F3N3O/c15-14(16,17)9-3-1-2-4-10(9)21-12-7-11(18)19-13(20-12)8-5-6-8/h1-4,7-8H,5-6H2,(H2,18,19,20). The molecule has 1 fully saturated rings. The van der Waals surface area contributed by atoms with Crippen molar-refractivity contribution in [2.75, 3.05) is 5.73 Å². The minimum absolute atomic E-state index is 0.0288. The summed E-state index contributed by atoms with van der Waals surface area (Å²) in [7, 11) is 0. The Hall–Kier alpha value is -2.31. The number of rotatable bonds is 3. The van der Waals surface area contributed by atoms with Crippen molar-refractivity contribution in [3.63, 3.8) is 0 Å². The van der Waals surface area contributed by atoms with Crippen LogP contribution in [0.3, 0.4) is 0 Å². The smallest absolute Gasteiger partial charge is 0.419 e. The van der Waals surface area contributed by atoms with Crippen molar-refractivity contribution in [3.05, 3.63) is 41.7 Å². The molecule has 1 aromatic carbocycles. The molecule has 1 aliphatic rings. The topological polar surface area (TPSA) is 61.0 Å². The summed E-state index contributed by atoms with van der Waals surface area (Å²) in [4.78, 5) is 8.21. The van der Waals surface area contributed by atoms with Gasteiger partial charge in [0.1, 0.15) is 17.4 Å². The van der Waals surface area contributed by atoms with Crippen LogP contribution >= 0.6 is 0 Å². The van der Waals surface area contributed by atoms with Crippen molar-refractivity contribution in [1.29, 1.82) is 0 Å². The van der Waals surface area contributed by atoms with Gasteiger partial charge in [-0.1, -0.05) is 12.1 Å². The van der Waals surface area contributed by atoms with Crippen LogP contribution < -0.4 is 10.5 Å². The molecule has 1 aliphatic carbocycles. The first-order chi connectivity index (χ1) is 9.93. The van der Waals surface area contributed by atoms with Gasteiger partial charge in [-0.15, -0.1) is 0 Å². The summed E-state index contributed by atoms with van der Waals surface area (Å²) < 4.78 is 44.0. The van der Waals surface area contributed by atoms with Gasteiger partial charge in [0.15, 0.2) is 0 Å². The van der Waals surface area contributed by atoms with E-state index in [4.69, 9.17) is 10.5 Å². The van der Waals surface area contributed by atoms with Gasteiger partial charge < -0.3 is 10.5 Å². The number of benzene rings is 1. The zero-order chi connectivity index (χ0) is 15.0. The van der Waals surface area contributed by atoms with Gasteiger partial charge in [-0.2, -0.15) is 18.2 Å². The van der Waals surface area contributed by atoms with Crippen molar-refractivity contribution in [2.24, 2.45) is 0 Å². The van der Waals surface area contributed by atoms with Crippen molar-refractivity contribution in [1.82, 2.24) is 9.97 Å². The third-order valence-electron chi connectivity index (χ3n) is 3.09. The molecule has 110 valence electrons. The minimum Gasteiger partial charge on any atom is -0.438 e. The summed E-state index contributed by atoms with van der Waals surface area (Å²) >= 11 is 0. The highest BCUT2D eigenvalue weighted by Crippen LogP contribution is 2.40. The third kappa shape index (κ3) is 3.07. The molecule has 2 N–H and O–H groups in total. The summed E-state index contributed by atoms with van der Waals surface area (Å²) in [6.45, 7) is 0. The first kappa shape index (κ1) is 13.7. The largest absolute Gasteiger partial charge is 0.438 e. The van der Waals surface area contributed by atoms with Crippen LogP contribution in [0.5, 0.6) is 11.6 Å². The maximum Gasteiger partial charge on any atom is 0.419 e. The van der Waals surface area contributed by atoms with Gasteiger partial charge in [-0.25, -0.2) is 4.98 Å². The monoisotopic (exact) mass is 295 g/mol. The first-order valence-corrected chi connectivity index (χ1v) is 6.42. The van der Waals surface area contributed by atoms with Crippen LogP contribution in [0, 0.1) is 0 Å². The Balaban J connectivity index is 1.94. The number of alkyl halides is 3. The molecule has 1 saturated carbocycles. The molecule has 1 heterocycles. The van der Waals surface area contributed by atoms with Crippen molar-refractivity contribution in [3.8, 4) is 11.6 Å². The van der Waals surface area contributed by atoms with Crippen molar-refractivity contribution < 1.29 is 17.9 Å². The van der Waals surface area contributed by atoms with E-state index in [1.807, 2.05) is 0 Å². The van der Waals surface area contributed by atoms with Gasteiger partial charge in [0.25, 0.3) is 0 Å². The van der Waals surface area contributed by atoms with Crippen LogP contribution in [0.1, 0.15) is 30.1 Å². The fourth-order valence-corrected chi connectivity index (χ4v) is 1.94. The molecule has 0 unspecified atom stereocenters. The van der Waals surface area contributed by atoms with Gasteiger partial charge in [0.05, 0.1) is 5.56 Å². The van der Waals surface area contributed by atoms with Crippen LogP contribution in [-0.4, -0.2) is 9.97 Å². The van der Waals surface area contributed by atoms with Gasteiger partial charge in [0.2, 0.25) is 5.88 Å². The van der Waals surface area contributed by atoms with E-state index in [0.29, 0.717) is 5.82 Å². The number of para-hydroxylation sites is 1. The van der Waals surface area contributed by atoms with Gasteiger partial charge in [-0.05, 0) is 25.0 Å². The molecular formula is C14H12F3N3O. The molecule has 0 saturated heterocycles. The van der Waals surface area contributed by atoms with Crippen LogP contribution in [-0.2, 0) is 6.18 Å². The molecule has 21 heavy (non-hydrogen) atoms. The number of nitrogens with two attached hydrogens (primary N) is 1. The fraction of sp³-hybridized carbons (Fsp3) is 0.286. The van der Waals surface area contributed by atoms with E-state index < -0.39 is 11.7 Å². The average Bonchev–Trinajstić information content (AvgIpc) is 3.21. The van der Waals surface area contributed by atoms with Gasteiger partial charge in [0, 0.05) is 12.0 Å². The second-order valence-electron chi connectivity index (χ2n) is 4.86. The first-order valence-electron chi connectivity index (χ1n) is 6.42. The summed E-state index contributed by atoms with van der Waals surface area (Å²) in [6.07, 6.45) is -2.57. The highest BCUT2D eigenvalue weighted by Gasteiger charge is 2.34. The Morgan fingerprint density at radius 1 is 1.14 bits per heavy atom. The molecule has 4 nitrogen and oxygen atoms in total. The maximum atomic E-state index is 12.9. The lowest BCUT2D eigenvalue weighted by Crippen LogP contribution is -2.07. The van der Waals surface area contributed by atoms with E-state index in [1.165, 1.54) is 24.3 Å². The van der Waals surface area contributed by atoms with Gasteiger partial charge >= 0.3 is 6.18 Å². The summed E-state index contributed by atoms with van der Waals surface area (Å²) in [5, 5.41) is 0. The number of hydrogen-bond acceptors (Lipinski definition) is 4. The fourth-order valence-electron chi connectivity index (χ4n) is 1.94. The van der Waals surface area contributed by atoms with E-state index in [-0.39, 0.29) is 23.4 Å². The molecule has 0 radical (unpaired) electrons. The van der Waals surface area contributed by atoms with Crippen LogP contribution in [0.25, 0.3) is 0 Å². The number of nitrogens with zero attached hydrogens (tertiary/aromatic N) is 2. The van der Waals surface area contributed by atoms with E-state index in [2.05, 4.69) is 9.97 Å². The zero-order valence-electron chi connectivity index (χ0n) is 10.9. The number of nitrogen functional groups attached to an aromatic ring is 1. The Morgan fingerprint density at radius 2 is 1.86 bits per heavy atom. The molecule has 2 aromatic rings. The lowest BCUT2D eigenvalue weighted by atomic mass is 10.2. The Morgan fingerprint density at radius 3 is 2.52 bits per heavy atom. The SMILES string of the molecule is Nc1cc(Oc2ccccc2C(F)(F)F)nc(C2CC2)n1. The predicted molar refractivity (Wildman–Crippen MR) is 69.9 cm³/mol. The second kappa shape index (κ2) is 4.91. The van der Waals surface area contributed by atoms with E-state index in [9.17, 15) is 13.2 Å². The number of halogens is 3. The summed E-state index contributed by atoms with van der Waals surface area (Å²) in [5.74, 6) is 0.667. The number of anilines is 1. The maximum absolute atomic E-state index is 12.9. The lowest BCUT2D eigenvalue weighted by molar-refractivity contribution is -0.138. The molecule has 0 spiro atoms. The third-order valence-corrected chi connectivity index (χ3v) is 3.09. The minimum atomic E-state index is -4.49.